The predicted octanol–water partition coefficient (Wildman–Crippen LogP) is 2.71. The summed E-state index contributed by atoms with van der Waals surface area (Å²) in [6.07, 6.45) is 3.08. The van der Waals surface area contributed by atoms with E-state index in [0.29, 0.717) is 44.0 Å². The summed E-state index contributed by atoms with van der Waals surface area (Å²) in [5.74, 6) is 0.747. The number of hydrogen-bond acceptors (Lipinski definition) is 5. The molecule has 2 aromatic rings. The molecule has 34 heavy (non-hydrogen) atoms. The fraction of sp³-hybridized carbons (Fsp3) is 0.423. The Morgan fingerprint density at radius 3 is 2.47 bits per heavy atom. The van der Waals surface area contributed by atoms with E-state index < -0.39 is 5.54 Å². The first-order chi connectivity index (χ1) is 16.5. The highest BCUT2D eigenvalue weighted by Gasteiger charge is 2.54. The SMILES string of the molecule is COc1cccc(NC(=O)CN2CN(c3ccccc3)C3(CCN(C(=O)C4CC4)CC3)C2=O)c1. The Morgan fingerprint density at radius 1 is 1.06 bits per heavy atom. The molecule has 2 saturated heterocycles. The molecular formula is C26H30N4O4. The van der Waals surface area contributed by atoms with Crippen molar-refractivity contribution in [3.63, 3.8) is 0 Å². The van der Waals surface area contributed by atoms with Crippen LogP contribution in [-0.2, 0) is 14.4 Å². The third kappa shape index (κ3) is 4.20. The normalized spacial score (nSPS) is 19.4. The van der Waals surface area contributed by atoms with Crippen molar-refractivity contribution >= 4 is 29.1 Å². The average Bonchev–Trinajstić information content (AvgIpc) is 3.68. The van der Waals surface area contributed by atoms with Crippen LogP contribution in [0.4, 0.5) is 11.4 Å². The van der Waals surface area contributed by atoms with E-state index in [-0.39, 0.29) is 30.2 Å². The number of amides is 3. The van der Waals surface area contributed by atoms with Crippen molar-refractivity contribution in [1.29, 1.82) is 0 Å². The van der Waals surface area contributed by atoms with Crippen LogP contribution in [0.5, 0.6) is 5.75 Å². The maximum absolute atomic E-state index is 13.8. The summed E-state index contributed by atoms with van der Waals surface area (Å²) >= 11 is 0. The molecule has 1 aliphatic carbocycles. The maximum atomic E-state index is 13.8. The highest BCUT2D eigenvalue weighted by molar-refractivity contribution is 5.99. The topological polar surface area (TPSA) is 82.2 Å². The van der Waals surface area contributed by atoms with Gasteiger partial charge in [0.15, 0.2) is 0 Å². The Bertz CT molecular complexity index is 1080. The van der Waals surface area contributed by atoms with Gasteiger partial charge in [0.25, 0.3) is 5.91 Å². The van der Waals surface area contributed by atoms with Gasteiger partial charge >= 0.3 is 0 Å². The van der Waals surface area contributed by atoms with Crippen LogP contribution in [0, 0.1) is 5.92 Å². The van der Waals surface area contributed by atoms with E-state index in [1.54, 1.807) is 30.2 Å². The van der Waals surface area contributed by atoms with Crippen molar-refractivity contribution in [2.24, 2.45) is 5.92 Å². The zero-order valence-corrected chi connectivity index (χ0v) is 19.4. The zero-order valence-electron chi connectivity index (χ0n) is 19.4. The number of nitrogens with one attached hydrogen (secondary N) is 1. The molecule has 3 fully saturated rings. The lowest BCUT2D eigenvalue weighted by atomic mass is 9.85. The van der Waals surface area contributed by atoms with Crippen LogP contribution in [0.2, 0.25) is 0 Å². The smallest absolute Gasteiger partial charge is 0.250 e. The van der Waals surface area contributed by atoms with Crippen molar-refractivity contribution in [2.75, 3.05) is 43.6 Å². The second-order valence-corrected chi connectivity index (χ2v) is 9.32. The molecule has 1 spiro atoms. The standard InChI is InChI=1S/C26H30N4O4/c1-34-22-9-5-6-20(16-22)27-23(31)17-29-18-30(21-7-3-2-4-8-21)26(25(29)33)12-14-28(15-13-26)24(32)19-10-11-19/h2-9,16,19H,10-15,17-18H2,1H3,(H,27,31). The summed E-state index contributed by atoms with van der Waals surface area (Å²) in [6.45, 7) is 1.43. The lowest BCUT2D eigenvalue weighted by Gasteiger charge is -2.43. The van der Waals surface area contributed by atoms with E-state index in [4.69, 9.17) is 4.74 Å². The number of rotatable bonds is 6. The number of likely N-dealkylation sites (tertiary alicyclic amines) is 1. The molecule has 8 heteroatoms. The first-order valence-corrected chi connectivity index (χ1v) is 11.8. The highest BCUT2D eigenvalue weighted by atomic mass is 16.5. The Hall–Kier alpha value is -3.55. The van der Waals surface area contributed by atoms with E-state index >= 15 is 0 Å². The first-order valence-electron chi connectivity index (χ1n) is 11.8. The van der Waals surface area contributed by atoms with Crippen LogP contribution in [0.25, 0.3) is 0 Å². The molecule has 1 N–H and O–H groups in total. The molecule has 0 radical (unpaired) electrons. The van der Waals surface area contributed by atoms with Crippen LogP contribution in [0.3, 0.4) is 0 Å². The number of benzene rings is 2. The fourth-order valence-corrected chi connectivity index (χ4v) is 5.08. The Morgan fingerprint density at radius 2 is 1.79 bits per heavy atom. The molecule has 0 unspecified atom stereocenters. The molecule has 2 aromatic carbocycles. The van der Waals surface area contributed by atoms with Crippen LogP contribution in [0.1, 0.15) is 25.7 Å². The molecule has 3 aliphatic rings. The molecule has 2 aliphatic heterocycles. The van der Waals surface area contributed by atoms with Gasteiger partial charge < -0.3 is 24.8 Å². The lowest BCUT2D eigenvalue weighted by molar-refractivity contribution is -0.140. The Balaban J connectivity index is 1.33. The van der Waals surface area contributed by atoms with Gasteiger partial charge in [-0.3, -0.25) is 14.4 Å². The number of ether oxygens (including phenoxy) is 1. The van der Waals surface area contributed by atoms with E-state index in [1.807, 2.05) is 41.3 Å². The van der Waals surface area contributed by atoms with Gasteiger partial charge in [-0.1, -0.05) is 24.3 Å². The van der Waals surface area contributed by atoms with Crippen molar-refractivity contribution in [1.82, 2.24) is 9.80 Å². The number of carbonyl (C=O) groups excluding carboxylic acids is 3. The minimum atomic E-state index is -0.738. The van der Waals surface area contributed by atoms with Crippen LogP contribution in [-0.4, -0.2) is 66.5 Å². The number of piperidine rings is 1. The minimum Gasteiger partial charge on any atom is -0.497 e. The molecule has 8 nitrogen and oxygen atoms in total. The van der Waals surface area contributed by atoms with E-state index in [2.05, 4.69) is 10.2 Å². The quantitative estimate of drug-likeness (QED) is 0.714. The van der Waals surface area contributed by atoms with E-state index in [1.165, 1.54) is 0 Å². The largest absolute Gasteiger partial charge is 0.497 e. The fourth-order valence-electron chi connectivity index (χ4n) is 5.08. The molecule has 0 bridgehead atoms. The summed E-state index contributed by atoms with van der Waals surface area (Å²) in [7, 11) is 1.57. The molecular weight excluding hydrogens is 432 g/mol. The number of carbonyl (C=O) groups is 3. The molecule has 0 atom stereocenters. The van der Waals surface area contributed by atoms with Crippen LogP contribution >= 0.6 is 0 Å². The number of anilines is 2. The van der Waals surface area contributed by atoms with Gasteiger partial charge in [-0.25, -0.2) is 0 Å². The van der Waals surface area contributed by atoms with Gasteiger partial charge in [0.05, 0.1) is 13.8 Å². The summed E-state index contributed by atoms with van der Waals surface area (Å²) < 4.78 is 5.22. The van der Waals surface area contributed by atoms with Crippen LogP contribution in [0.15, 0.2) is 54.6 Å². The van der Waals surface area contributed by atoms with E-state index in [9.17, 15) is 14.4 Å². The molecule has 1 saturated carbocycles. The third-order valence-electron chi connectivity index (χ3n) is 7.10. The van der Waals surface area contributed by atoms with Crippen molar-refractivity contribution in [2.45, 2.75) is 31.2 Å². The average molecular weight is 463 g/mol. The monoisotopic (exact) mass is 462 g/mol. The third-order valence-corrected chi connectivity index (χ3v) is 7.10. The van der Waals surface area contributed by atoms with E-state index in [0.717, 1.165) is 18.5 Å². The van der Waals surface area contributed by atoms with Crippen molar-refractivity contribution < 1.29 is 19.1 Å². The molecule has 3 amide bonds. The van der Waals surface area contributed by atoms with Crippen molar-refractivity contribution in [3.05, 3.63) is 54.6 Å². The Labute approximate surface area is 199 Å². The van der Waals surface area contributed by atoms with Gasteiger partial charge in [0, 0.05) is 36.4 Å². The predicted molar refractivity (Wildman–Crippen MR) is 128 cm³/mol. The maximum Gasteiger partial charge on any atom is 0.250 e. The number of nitrogens with zero attached hydrogens (tertiary/aromatic N) is 3. The summed E-state index contributed by atoms with van der Waals surface area (Å²) in [5, 5.41) is 2.87. The van der Waals surface area contributed by atoms with Gasteiger partial charge in [-0.15, -0.1) is 0 Å². The Kier molecular flexibility index (Phi) is 5.89. The zero-order chi connectivity index (χ0) is 23.7. The highest BCUT2D eigenvalue weighted by Crippen LogP contribution is 2.41. The first kappa shape index (κ1) is 22.3. The number of methoxy groups -OCH3 is 1. The van der Waals surface area contributed by atoms with Gasteiger partial charge in [-0.05, 0) is 49.9 Å². The molecule has 0 aromatic heterocycles. The summed E-state index contributed by atoms with van der Waals surface area (Å²) in [6, 6.07) is 17.0. The molecule has 178 valence electrons. The minimum absolute atomic E-state index is 0.0359. The second kappa shape index (κ2) is 9.00. The lowest BCUT2D eigenvalue weighted by Crippen LogP contribution is -2.57. The number of para-hydroxylation sites is 1. The van der Waals surface area contributed by atoms with Gasteiger partial charge in [0.2, 0.25) is 11.8 Å². The van der Waals surface area contributed by atoms with Gasteiger partial charge in [0.1, 0.15) is 17.8 Å². The molecule has 5 rings (SSSR count). The van der Waals surface area contributed by atoms with Crippen LogP contribution < -0.4 is 15.0 Å². The number of hydrogen-bond donors (Lipinski definition) is 1. The summed E-state index contributed by atoms with van der Waals surface area (Å²) in [4.78, 5) is 44.8. The molecule has 2 heterocycles. The van der Waals surface area contributed by atoms with Crippen molar-refractivity contribution in [3.8, 4) is 5.75 Å². The summed E-state index contributed by atoms with van der Waals surface area (Å²) in [5.41, 5.74) is 0.837. The van der Waals surface area contributed by atoms with Gasteiger partial charge in [-0.2, -0.15) is 0 Å². The second-order valence-electron chi connectivity index (χ2n) is 9.32.